The Morgan fingerprint density at radius 2 is 1.00 bits per heavy atom. The summed E-state index contributed by atoms with van der Waals surface area (Å²) in [5.74, 6) is 2.96. The zero-order chi connectivity index (χ0) is 5.59. The number of hydrogen-bond acceptors (Lipinski definition) is 0. The van der Waals surface area contributed by atoms with E-state index in [0.717, 1.165) is 17.8 Å². The van der Waals surface area contributed by atoms with Gasteiger partial charge in [-0.05, 0) is 34.5 Å². The lowest BCUT2D eigenvalue weighted by Crippen LogP contribution is -1.70. The molecule has 0 aromatic heterocycles. The SMILES string of the molecule is C1=C2C=C3C=C1C1C2C31. The highest BCUT2D eigenvalue weighted by atomic mass is 14.7. The van der Waals surface area contributed by atoms with Crippen molar-refractivity contribution in [3.05, 3.63) is 34.9 Å². The summed E-state index contributed by atoms with van der Waals surface area (Å²) in [7, 11) is 0. The zero-order valence-corrected chi connectivity index (χ0v) is 4.96. The maximum atomic E-state index is 2.38. The second-order valence-electron chi connectivity index (χ2n) is 3.51. The van der Waals surface area contributed by atoms with Crippen molar-refractivity contribution in [1.29, 1.82) is 0 Å². The van der Waals surface area contributed by atoms with Gasteiger partial charge in [-0.15, -0.1) is 0 Å². The van der Waals surface area contributed by atoms with Crippen LogP contribution in [0.4, 0.5) is 0 Å². The molecule has 4 rings (SSSR count). The lowest BCUT2D eigenvalue weighted by atomic mass is 10.2. The highest BCUT2D eigenvalue weighted by molar-refractivity contribution is 5.68. The van der Waals surface area contributed by atoms with E-state index in [0.29, 0.717) is 0 Å². The van der Waals surface area contributed by atoms with Gasteiger partial charge in [0.1, 0.15) is 0 Å². The molecule has 4 aliphatic rings. The maximum Gasteiger partial charge on any atom is -0.00118 e. The second-order valence-corrected chi connectivity index (χ2v) is 3.51. The molecule has 0 aromatic rings. The van der Waals surface area contributed by atoms with Gasteiger partial charge in [-0.1, -0.05) is 18.2 Å². The van der Waals surface area contributed by atoms with Crippen LogP contribution in [0.5, 0.6) is 0 Å². The topological polar surface area (TPSA) is 0 Å². The van der Waals surface area contributed by atoms with Crippen molar-refractivity contribution in [3.8, 4) is 0 Å². The Kier molecular flexibility index (Phi) is 0.258. The van der Waals surface area contributed by atoms with Gasteiger partial charge in [0.2, 0.25) is 0 Å². The monoisotopic (exact) mass is 114 g/mol. The van der Waals surface area contributed by atoms with E-state index >= 15 is 0 Å². The van der Waals surface area contributed by atoms with Gasteiger partial charge < -0.3 is 0 Å². The predicted octanol–water partition coefficient (Wildman–Crippen LogP) is 1.67. The molecule has 9 heavy (non-hydrogen) atoms. The first kappa shape index (κ1) is 3.40. The lowest BCUT2D eigenvalue weighted by Gasteiger charge is -1.89. The zero-order valence-electron chi connectivity index (χ0n) is 4.96. The highest BCUT2D eigenvalue weighted by Crippen LogP contribution is 2.71. The Balaban J connectivity index is 2.34. The van der Waals surface area contributed by atoms with Crippen molar-refractivity contribution in [2.45, 2.75) is 0 Å². The summed E-state index contributed by atoms with van der Waals surface area (Å²) in [6, 6.07) is 0. The fraction of sp³-hybridized carbons (Fsp3) is 0.333. The first-order valence-electron chi connectivity index (χ1n) is 3.60. The molecular weight excluding hydrogens is 108 g/mol. The highest BCUT2D eigenvalue weighted by Gasteiger charge is 2.63. The third-order valence-electron chi connectivity index (χ3n) is 3.17. The normalized spacial score (nSPS) is 53.3. The summed E-state index contributed by atoms with van der Waals surface area (Å²) in [6.07, 6.45) is 7.13. The van der Waals surface area contributed by atoms with Gasteiger partial charge in [0.15, 0.2) is 0 Å². The molecule has 42 valence electrons. The molecule has 0 aromatic carbocycles. The minimum Gasteiger partial charge on any atom is -0.0551 e. The molecule has 0 N–H and O–H groups in total. The van der Waals surface area contributed by atoms with Gasteiger partial charge in [0.25, 0.3) is 0 Å². The first-order valence-corrected chi connectivity index (χ1v) is 3.60. The summed E-state index contributed by atoms with van der Waals surface area (Å²) in [4.78, 5) is 0. The van der Waals surface area contributed by atoms with Crippen LogP contribution in [0.3, 0.4) is 0 Å². The Bertz CT molecular complexity index is 248. The molecule has 0 nitrogen and oxygen atoms in total. The Labute approximate surface area is 53.6 Å². The third kappa shape index (κ3) is 0.178. The van der Waals surface area contributed by atoms with Gasteiger partial charge in [0, 0.05) is 0 Å². The molecule has 0 heteroatoms. The fourth-order valence-electron chi connectivity index (χ4n) is 2.83. The van der Waals surface area contributed by atoms with E-state index in [9.17, 15) is 0 Å². The van der Waals surface area contributed by atoms with Crippen molar-refractivity contribution in [3.63, 3.8) is 0 Å². The molecule has 0 spiro atoms. The molecule has 0 bridgehead atoms. The van der Waals surface area contributed by atoms with Gasteiger partial charge >= 0.3 is 0 Å². The van der Waals surface area contributed by atoms with E-state index in [4.69, 9.17) is 0 Å². The average Bonchev–Trinajstić information content (AvgIpc) is 2.39. The summed E-state index contributed by atoms with van der Waals surface area (Å²) < 4.78 is 0. The molecule has 0 heterocycles. The van der Waals surface area contributed by atoms with Crippen LogP contribution in [0.15, 0.2) is 34.9 Å². The number of allylic oxidation sites excluding steroid dienone is 6. The van der Waals surface area contributed by atoms with E-state index < -0.39 is 0 Å². The lowest BCUT2D eigenvalue weighted by molar-refractivity contribution is 0.983. The molecule has 0 saturated heterocycles. The van der Waals surface area contributed by atoms with Crippen LogP contribution >= 0.6 is 0 Å². The van der Waals surface area contributed by atoms with E-state index in [2.05, 4.69) is 18.2 Å². The molecule has 0 atom stereocenters. The minimum absolute atomic E-state index is 0.986. The quantitative estimate of drug-likeness (QED) is 0.449. The van der Waals surface area contributed by atoms with Gasteiger partial charge in [-0.2, -0.15) is 0 Å². The van der Waals surface area contributed by atoms with Gasteiger partial charge in [-0.3, -0.25) is 0 Å². The summed E-state index contributed by atoms with van der Waals surface area (Å²) in [5.41, 5.74) is 4.91. The van der Waals surface area contributed by atoms with E-state index in [1.807, 2.05) is 0 Å². The van der Waals surface area contributed by atoms with Crippen LogP contribution in [0.25, 0.3) is 0 Å². The van der Waals surface area contributed by atoms with Crippen LogP contribution in [0.2, 0.25) is 0 Å². The molecule has 0 aliphatic heterocycles. The van der Waals surface area contributed by atoms with Crippen LogP contribution in [-0.4, -0.2) is 0 Å². The Morgan fingerprint density at radius 1 is 0.667 bits per heavy atom. The maximum absolute atomic E-state index is 2.38. The van der Waals surface area contributed by atoms with Crippen LogP contribution in [-0.2, 0) is 0 Å². The Morgan fingerprint density at radius 3 is 1.22 bits per heavy atom. The van der Waals surface area contributed by atoms with E-state index in [-0.39, 0.29) is 0 Å². The average molecular weight is 114 g/mol. The molecule has 4 aliphatic carbocycles. The fourth-order valence-corrected chi connectivity index (χ4v) is 2.83. The summed E-state index contributed by atoms with van der Waals surface area (Å²) >= 11 is 0. The number of hydrogen-bond donors (Lipinski definition) is 0. The molecule has 1 fully saturated rings. The summed E-state index contributed by atoms with van der Waals surface area (Å²) in [6.45, 7) is 0. The molecule has 0 unspecified atom stereocenters. The number of rotatable bonds is 0. The summed E-state index contributed by atoms with van der Waals surface area (Å²) in [5, 5.41) is 0. The van der Waals surface area contributed by atoms with Crippen molar-refractivity contribution < 1.29 is 0 Å². The molecule has 0 radical (unpaired) electrons. The predicted molar refractivity (Wildman–Crippen MR) is 34.7 cm³/mol. The van der Waals surface area contributed by atoms with Crippen molar-refractivity contribution in [2.24, 2.45) is 17.8 Å². The molecular formula is C9H6. The minimum atomic E-state index is 0.986. The van der Waals surface area contributed by atoms with E-state index in [1.165, 1.54) is 0 Å². The first-order chi connectivity index (χ1) is 4.45. The third-order valence-corrected chi connectivity index (χ3v) is 3.17. The molecule has 1 saturated carbocycles. The second kappa shape index (κ2) is 0.683. The largest absolute Gasteiger partial charge is 0.0551 e. The van der Waals surface area contributed by atoms with Crippen LogP contribution in [0.1, 0.15) is 0 Å². The van der Waals surface area contributed by atoms with Crippen LogP contribution in [0, 0.1) is 17.8 Å². The van der Waals surface area contributed by atoms with Gasteiger partial charge in [-0.25, -0.2) is 0 Å². The van der Waals surface area contributed by atoms with Crippen LogP contribution < -0.4 is 0 Å². The van der Waals surface area contributed by atoms with Crippen molar-refractivity contribution in [1.82, 2.24) is 0 Å². The van der Waals surface area contributed by atoms with Crippen molar-refractivity contribution in [2.75, 3.05) is 0 Å². The van der Waals surface area contributed by atoms with E-state index in [1.54, 1.807) is 16.7 Å². The van der Waals surface area contributed by atoms with Gasteiger partial charge in [0.05, 0.1) is 0 Å². The Hall–Kier alpha value is -0.780. The van der Waals surface area contributed by atoms with Crippen molar-refractivity contribution >= 4 is 0 Å². The smallest absolute Gasteiger partial charge is 0.00118 e. The molecule has 0 amide bonds. The standard InChI is InChI=1S/C9H6/c1-4-2-6-3-5(1)8-7(4)9(6)8/h1-3,7-9H.